The fraction of sp³-hybridized carbons (Fsp3) is 1.00. The Morgan fingerprint density at radius 1 is 1.25 bits per heavy atom. The monoisotopic (exact) mass is 243 g/mol. The van der Waals surface area contributed by atoms with E-state index in [9.17, 15) is 5.11 Å². The van der Waals surface area contributed by atoms with Crippen LogP contribution in [-0.2, 0) is 0 Å². The Balaban J connectivity index is 1.88. The quantitative estimate of drug-likeness (QED) is 0.804. The van der Waals surface area contributed by atoms with E-state index < -0.39 is 0 Å². The van der Waals surface area contributed by atoms with E-state index in [0.717, 1.165) is 18.2 Å². The van der Waals surface area contributed by atoms with Crippen LogP contribution in [0.1, 0.15) is 32.6 Å². The smallest absolute Gasteiger partial charge is 0.0731 e. The highest BCUT2D eigenvalue weighted by Crippen LogP contribution is 2.33. The lowest BCUT2D eigenvalue weighted by Gasteiger charge is -2.40. The summed E-state index contributed by atoms with van der Waals surface area (Å²) in [6, 6.07) is 0.400. The molecule has 2 atom stereocenters. The van der Waals surface area contributed by atoms with Crippen molar-refractivity contribution in [1.29, 1.82) is 0 Å². The van der Waals surface area contributed by atoms with Gasteiger partial charge in [-0.15, -0.1) is 0 Å². The van der Waals surface area contributed by atoms with Gasteiger partial charge in [-0.2, -0.15) is 11.8 Å². The van der Waals surface area contributed by atoms with E-state index in [2.05, 4.69) is 18.9 Å². The molecule has 2 unspecified atom stereocenters. The summed E-state index contributed by atoms with van der Waals surface area (Å²) in [5.41, 5.74) is 0. The molecule has 2 rings (SSSR count). The molecule has 16 heavy (non-hydrogen) atoms. The number of hydrogen-bond donors (Lipinski definition) is 1. The summed E-state index contributed by atoms with van der Waals surface area (Å²) in [5, 5.41) is 10.5. The second-order valence-corrected chi connectivity index (χ2v) is 6.78. The normalized spacial score (nSPS) is 39.6. The van der Waals surface area contributed by atoms with Gasteiger partial charge in [0, 0.05) is 24.1 Å². The molecule has 2 nitrogen and oxygen atoms in total. The van der Waals surface area contributed by atoms with Crippen LogP contribution in [0.15, 0.2) is 0 Å². The molecule has 2 fully saturated rings. The number of aliphatic hydroxyl groups is 1. The zero-order chi connectivity index (χ0) is 11.5. The predicted octanol–water partition coefficient (Wildman–Crippen LogP) is 2.22. The molecule has 1 saturated heterocycles. The Hall–Kier alpha value is 0.270. The van der Waals surface area contributed by atoms with Crippen LogP contribution in [0.25, 0.3) is 0 Å². The summed E-state index contributed by atoms with van der Waals surface area (Å²) in [6.45, 7) is 3.47. The summed E-state index contributed by atoms with van der Waals surface area (Å²) in [7, 11) is 2.17. The molecule has 1 heterocycles. The summed E-state index contributed by atoms with van der Waals surface area (Å²) in [6.07, 6.45) is 5.00. The summed E-state index contributed by atoms with van der Waals surface area (Å²) < 4.78 is 0. The van der Waals surface area contributed by atoms with Crippen LogP contribution in [0.2, 0.25) is 0 Å². The Bertz CT molecular complexity index is 216. The lowest BCUT2D eigenvalue weighted by Crippen LogP contribution is -2.50. The van der Waals surface area contributed by atoms with Gasteiger partial charge in [0.05, 0.1) is 6.10 Å². The van der Waals surface area contributed by atoms with Gasteiger partial charge in [0.2, 0.25) is 0 Å². The molecule has 1 aliphatic carbocycles. The van der Waals surface area contributed by atoms with Gasteiger partial charge in [-0.25, -0.2) is 0 Å². The maximum absolute atomic E-state index is 10.5. The number of rotatable bonds is 2. The zero-order valence-electron chi connectivity index (χ0n) is 10.6. The third kappa shape index (κ3) is 2.93. The molecule has 0 amide bonds. The molecule has 94 valence electrons. The predicted molar refractivity (Wildman–Crippen MR) is 70.9 cm³/mol. The van der Waals surface area contributed by atoms with Crippen molar-refractivity contribution < 1.29 is 5.11 Å². The zero-order valence-corrected chi connectivity index (χ0v) is 11.4. The van der Waals surface area contributed by atoms with Crippen molar-refractivity contribution in [1.82, 2.24) is 4.90 Å². The van der Waals surface area contributed by atoms with E-state index in [4.69, 9.17) is 0 Å². The molecule has 0 spiro atoms. The summed E-state index contributed by atoms with van der Waals surface area (Å²) in [4.78, 5) is 2.36. The third-order valence-electron chi connectivity index (χ3n) is 4.38. The maximum atomic E-state index is 10.5. The average molecular weight is 243 g/mol. The number of aliphatic hydroxyl groups excluding tert-OH is 1. The van der Waals surface area contributed by atoms with Crippen molar-refractivity contribution in [2.45, 2.75) is 44.8 Å². The average Bonchev–Trinajstić information content (AvgIpc) is 2.30. The Morgan fingerprint density at radius 2 is 1.94 bits per heavy atom. The molecule has 0 aromatic heterocycles. The van der Waals surface area contributed by atoms with Crippen LogP contribution in [0.5, 0.6) is 0 Å². The Kier molecular flexibility index (Phi) is 4.57. The van der Waals surface area contributed by atoms with Crippen molar-refractivity contribution in [3.05, 3.63) is 0 Å². The lowest BCUT2D eigenvalue weighted by atomic mass is 9.78. The molecule has 0 bridgehead atoms. The lowest BCUT2D eigenvalue weighted by molar-refractivity contribution is 0.0120. The minimum absolute atomic E-state index is 0.0923. The van der Waals surface area contributed by atoms with Crippen LogP contribution < -0.4 is 0 Å². The van der Waals surface area contributed by atoms with Crippen LogP contribution in [0.4, 0.5) is 0 Å². The second-order valence-electron chi connectivity index (χ2n) is 5.63. The van der Waals surface area contributed by atoms with E-state index in [1.165, 1.54) is 31.4 Å². The molecular formula is C13H25NOS. The first-order valence-corrected chi connectivity index (χ1v) is 7.80. The standard InChI is InChI=1S/C13H25NOS/c1-10-3-5-11(6-4-10)13(15)12-9-16-8-7-14(12)2/h10-13,15H,3-9H2,1-2H3. The topological polar surface area (TPSA) is 23.5 Å². The molecule has 1 aliphatic heterocycles. The highest BCUT2D eigenvalue weighted by atomic mass is 32.2. The van der Waals surface area contributed by atoms with Gasteiger partial charge in [-0.3, -0.25) is 4.90 Å². The second kappa shape index (κ2) is 5.74. The van der Waals surface area contributed by atoms with Crippen molar-refractivity contribution in [3.8, 4) is 0 Å². The molecule has 0 aromatic carbocycles. The van der Waals surface area contributed by atoms with Gasteiger partial charge in [0.15, 0.2) is 0 Å². The van der Waals surface area contributed by atoms with Crippen molar-refractivity contribution >= 4 is 11.8 Å². The van der Waals surface area contributed by atoms with Gasteiger partial charge in [-0.1, -0.05) is 19.8 Å². The van der Waals surface area contributed by atoms with Crippen LogP contribution in [0, 0.1) is 11.8 Å². The van der Waals surface area contributed by atoms with Gasteiger partial charge in [0.1, 0.15) is 0 Å². The minimum atomic E-state index is -0.0923. The first kappa shape index (κ1) is 12.7. The van der Waals surface area contributed by atoms with Crippen LogP contribution in [0.3, 0.4) is 0 Å². The van der Waals surface area contributed by atoms with Gasteiger partial charge in [-0.05, 0) is 31.7 Å². The van der Waals surface area contributed by atoms with Crippen LogP contribution >= 0.6 is 11.8 Å². The van der Waals surface area contributed by atoms with Crippen molar-refractivity contribution in [3.63, 3.8) is 0 Å². The van der Waals surface area contributed by atoms with Crippen LogP contribution in [-0.4, -0.2) is 47.3 Å². The Morgan fingerprint density at radius 3 is 2.56 bits per heavy atom. The SMILES string of the molecule is CC1CCC(C(O)C2CSCCN2C)CC1. The van der Waals surface area contributed by atoms with E-state index in [0.29, 0.717) is 12.0 Å². The molecule has 0 aromatic rings. The first-order valence-electron chi connectivity index (χ1n) is 6.64. The summed E-state index contributed by atoms with van der Waals surface area (Å²) in [5.74, 6) is 3.77. The van der Waals surface area contributed by atoms with E-state index in [1.807, 2.05) is 11.8 Å². The van der Waals surface area contributed by atoms with Gasteiger partial charge >= 0.3 is 0 Å². The van der Waals surface area contributed by atoms with Crippen molar-refractivity contribution in [2.75, 3.05) is 25.1 Å². The van der Waals surface area contributed by atoms with Gasteiger partial charge in [0.25, 0.3) is 0 Å². The molecule has 0 radical (unpaired) electrons. The highest BCUT2D eigenvalue weighted by Gasteiger charge is 2.33. The number of nitrogens with zero attached hydrogens (tertiary/aromatic N) is 1. The molecule has 2 aliphatic rings. The third-order valence-corrected chi connectivity index (χ3v) is 5.43. The maximum Gasteiger partial charge on any atom is 0.0731 e. The number of hydrogen-bond acceptors (Lipinski definition) is 3. The van der Waals surface area contributed by atoms with Crippen molar-refractivity contribution in [2.24, 2.45) is 11.8 Å². The fourth-order valence-corrected chi connectivity index (χ4v) is 4.28. The minimum Gasteiger partial charge on any atom is -0.391 e. The summed E-state index contributed by atoms with van der Waals surface area (Å²) >= 11 is 2.00. The molecule has 1 N–H and O–H groups in total. The fourth-order valence-electron chi connectivity index (χ4n) is 3.01. The van der Waals surface area contributed by atoms with E-state index >= 15 is 0 Å². The van der Waals surface area contributed by atoms with E-state index in [1.54, 1.807) is 0 Å². The number of likely N-dealkylation sites (N-methyl/N-ethyl adjacent to an activating group) is 1. The molecule has 1 saturated carbocycles. The number of thioether (sulfide) groups is 1. The first-order chi connectivity index (χ1) is 7.68. The molecule has 3 heteroatoms. The highest BCUT2D eigenvalue weighted by molar-refractivity contribution is 7.99. The molecular weight excluding hydrogens is 218 g/mol. The largest absolute Gasteiger partial charge is 0.391 e. The van der Waals surface area contributed by atoms with Gasteiger partial charge < -0.3 is 5.11 Å². The van der Waals surface area contributed by atoms with E-state index in [-0.39, 0.29) is 6.10 Å². The Labute approximate surface area is 104 Å².